The average molecular weight is 436 g/mol. The van der Waals surface area contributed by atoms with Crippen molar-refractivity contribution in [2.75, 3.05) is 6.61 Å². The van der Waals surface area contributed by atoms with Gasteiger partial charge in [0.25, 0.3) is 5.91 Å². The molecule has 0 radical (unpaired) electrons. The molecule has 1 aromatic heterocycles. The Morgan fingerprint density at radius 2 is 1.87 bits per heavy atom. The van der Waals surface area contributed by atoms with Crippen LogP contribution in [0.15, 0.2) is 77.4 Å². The standard InChI is InChI=1S/C24H21NO5S/c1-2-30-18-13-16(10-11-17(18)26)21-20(22(27)19-9-6-12-31-19)23(28)24(29)25(21)14-15-7-4-3-5-8-15/h3-13,21,26,28H,2,14H2,1H3. The lowest BCUT2D eigenvalue weighted by Crippen LogP contribution is -2.30. The first-order valence-electron chi connectivity index (χ1n) is 9.83. The maximum Gasteiger partial charge on any atom is 0.290 e. The van der Waals surface area contributed by atoms with Crippen LogP contribution in [0.2, 0.25) is 0 Å². The third kappa shape index (κ3) is 3.92. The number of amides is 1. The van der Waals surface area contributed by atoms with Crippen LogP contribution in [0.4, 0.5) is 0 Å². The number of ether oxygens (including phenoxy) is 1. The molecule has 2 heterocycles. The summed E-state index contributed by atoms with van der Waals surface area (Å²) in [5.74, 6) is -1.34. The molecule has 0 spiro atoms. The third-order valence-corrected chi connectivity index (χ3v) is 5.96. The molecular weight excluding hydrogens is 414 g/mol. The second kappa shape index (κ2) is 8.65. The van der Waals surface area contributed by atoms with Crippen LogP contribution in [-0.4, -0.2) is 33.4 Å². The van der Waals surface area contributed by atoms with Gasteiger partial charge in [-0.3, -0.25) is 9.59 Å². The fraction of sp³-hybridized carbons (Fsp3) is 0.167. The maximum atomic E-state index is 13.3. The van der Waals surface area contributed by atoms with Crippen molar-refractivity contribution >= 4 is 23.0 Å². The Hall–Kier alpha value is -3.58. The van der Waals surface area contributed by atoms with Gasteiger partial charge in [0.1, 0.15) is 0 Å². The van der Waals surface area contributed by atoms with Gasteiger partial charge in [-0.25, -0.2) is 0 Å². The molecule has 0 bridgehead atoms. The highest BCUT2D eigenvalue weighted by molar-refractivity contribution is 7.12. The number of hydrogen-bond donors (Lipinski definition) is 2. The van der Waals surface area contributed by atoms with E-state index in [1.54, 1.807) is 36.6 Å². The lowest BCUT2D eigenvalue weighted by molar-refractivity contribution is -0.130. The summed E-state index contributed by atoms with van der Waals surface area (Å²) in [4.78, 5) is 28.2. The molecule has 2 N–H and O–H groups in total. The Labute approximate surface area is 183 Å². The predicted molar refractivity (Wildman–Crippen MR) is 117 cm³/mol. The smallest absolute Gasteiger partial charge is 0.290 e. The van der Waals surface area contributed by atoms with Crippen LogP contribution < -0.4 is 4.74 Å². The highest BCUT2D eigenvalue weighted by atomic mass is 32.1. The van der Waals surface area contributed by atoms with Gasteiger partial charge in [-0.15, -0.1) is 11.3 Å². The number of aromatic hydroxyl groups is 1. The summed E-state index contributed by atoms with van der Waals surface area (Å²) in [6.45, 7) is 2.35. The van der Waals surface area contributed by atoms with Gasteiger partial charge in [0.05, 0.1) is 23.1 Å². The molecule has 1 aliphatic heterocycles. The molecule has 0 saturated carbocycles. The number of carbonyl (C=O) groups excluding carboxylic acids is 2. The minimum Gasteiger partial charge on any atom is -0.504 e. The number of aliphatic hydroxyl groups is 1. The second-order valence-corrected chi connectivity index (χ2v) is 8.00. The van der Waals surface area contributed by atoms with Crippen LogP contribution in [0.1, 0.15) is 33.8 Å². The zero-order chi connectivity index (χ0) is 22.0. The number of aliphatic hydroxyl groups excluding tert-OH is 1. The van der Waals surface area contributed by atoms with E-state index in [-0.39, 0.29) is 23.6 Å². The van der Waals surface area contributed by atoms with E-state index in [4.69, 9.17) is 4.74 Å². The van der Waals surface area contributed by atoms with Crippen molar-refractivity contribution in [1.82, 2.24) is 4.90 Å². The van der Waals surface area contributed by atoms with Gasteiger partial charge in [-0.2, -0.15) is 0 Å². The molecule has 0 aliphatic carbocycles. The van der Waals surface area contributed by atoms with Crippen LogP contribution in [0.3, 0.4) is 0 Å². The number of nitrogens with zero attached hydrogens (tertiary/aromatic N) is 1. The molecule has 0 fully saturated rings. The predicted octanol–water partition coefficient (Wildman–Crippen LogP) is 4.63. The van der Waals surface area contributed by atoms with E-state index in [1.165, 1.54) is 22.3 Å². The van der Waals surface area contributed by atoms with Crippen molar-refractivity contribution in [3.05, 3.63) is 93.4 Å². The summed E-state index contributed by atoms with van der Waals surface area (Å²) in [6.07, 6.45) is 0. The molecular formula is C24H21NO5S. The normalized spacial score (nSPS) is 16.1. The number of hydrogen-bond acceptors (Lipinski definition) is 6. The zero-order valence-electron chi connectivity index (χ0n) is 16.8. The first kappa shape index (κ1) is 20.7. The molecule has 7 heteroatoms. The van der Waals surface area contributed by atoms with Crippen LogP contribution in [0.25, 0.3) is 0 Å². The summed E-state index contributed by atoms with van der Waals surface area (Å²) < 4.78 is 5.50. The number of Topliss-reactive ketones (excluding diaryl/α,β-unsaturated/α-hetero) is 1. The Kier molecular flexibility index (Phi) is 5.77. The van der Waals surface area contributed by atoms with Crippen molar-refractivity contribution < 1.29 is 24.5 Å². The van der Waals surface area contributed by atoms with E-state index in [9.17, 15) is 19.8 Å². The molecule has 3 aromatic rings. The first-order valence-corrected chi connectivity index (χ1v) is 10.7. The number of carbonyl (C=O) groups is 2. The van der Waals surface area contributed by atoms with Gasteiger partial charge in [-0.05, 0) is 41.6 Å². The van der Waals surface area contributed by atoms with E-state index in [0.717, 1.165) is 5.56 Å². The van der Waals surface area contributed by atoms with Crippen molar-refractivity contribution in [3.8, 4) is 11.5 Å². The largest absolute Gasteiger partial charge is 0.504 e. The van der Waals surface area contributed by atoms with Crippen molar-refractivity contribution in [2.45, 2.75) is 19.5 Å². The Bertz CT molecular complexity index is 1140. The van der Waals surface area contributed by atoms with Gasteiger partial charge >= 0.3 is 0 Å². The van der Waals surface area contributed by atoms with Crippen LogP contribution in [-0.2, 0) is 11.3 Å². The fourth-order valence-corrected chi connectivity index (χ4v) is 4.37. The van der Waals surface area contributed by atoms with E-state index >= 15 is 0 Å². The molecule has 1 atom stereocenters. The quantitative estimate of drug-likeness (QED) is 0.529. The van der Waals surface area contributed by atoms with Gasteiger partial charge in [0.2, 0.25) is 5.78 Å². The monoisotopic (exact) mass is 435 g/mol. The number of phenols is 1. The number of rotatable bonds is 7. The van der Waals surface area contributed by atoms with Gasteiger partial charge in [-0.1, -0.05) is 42.5 Å². The molecule has 1 amide bonds. The SMILES string of the molecule is CCOc1cc(C2C(C(=O)c3cccs3)=C(O)C(=O)N2Cc2ccccc2)ccc1O. The van der Waals surface area contributed by atoms with E-state index in [0.29, 0.717) is 17.0 Å². The minimum absolute atomic E-state index is 0.0246. The summed E-state index contributed by atoms with van der Waals surface area (Å²) in [5, 5.41) is 22.6. The lowest BCUT2D eigenvalue weighted by Gasteiger charge is -2.27. The average Bonchev–Trinajstić information content (AvgIpc) is 3.39. The molecule has 31 heavy (non-hydrogen) atoms. The highest BCUT2D eigenvalue weighted by Gasteiger charge is 2.44. The van der Waals surface area contributed by atoms with Crippen molar-refractivity contribution in [1.29, 1.82) is 0 Å². The van der Waals surface area contributed by atoms with E-state index in [1.807, 2.05) is 30.3 Å². The van der Waals surface area contributed by atoms with Gasteiger partial charge < -0.3 is 19.8 Å². The van der Waals surface area contributed by atoms with E-state index < -0.39 is 23.5 Å². The fourth-order valence-electron chi connectivity index (χ4n) is 3.69. The molecule has 158 valence electrons. The molecule has 2 aromatic carbocycles. The van der Waals surface area contributed by atoms with Crippen molar-refractivity contribution in [3.63, 3.8) is 0 Å². The number of ketones is 1. The summed E-state index contributed by atoms with van der Waals surface area (Å²) in [6, 6.07) is 16.7. The number of thiophene rings is 1. The number of phenolic OH excluding ortho intramolecular Hbond substituents is 1. The van der Waals surface area contributed by atoms with E-state index in [2.05, 4.69) is 0 Å². The Balaban J connectivity index is 1.82. The lowest BCUT2D eigenvalue weighted by atomic mass is 9.95. The summed E-state index contributed by atoms with van der Waals surface area (Å²) in [7, 11) is 0. The molecule has 1 aliphatic rings. The van der Waals surface area contributed by atoms with Gasteiger partial charge in [0, 0.05) is 6.54 Å². The minimum atomic E-state index is -0.817. The number of benzene rings is 2. The third-order valence-electron chi connectivity index (χ3n) is 5.09. The molecule has 1 unspecified atom stereocenters. The molecule has 6 nitrogen and oxygen atoms in total. The summed E-state index contributed by atoms with van der Waals surface area (Å²) in [5.41, 5.74) is 1.45. The van der Waals surface area contributed by atoms with Crippen molar-refractivity contribution in [2.24, 2.45) is 0 Å². The Morgan fingerprint density at radius 1 is 1.10 bits per heavy atom. The molecule has 4 rings (SSSR count). The van der Waals surface area contributed by atoms with Crippen LogP contribution >= 0.6 is 11.3 Å². The topological polar surface area (TPSA) is 87.1 Å². The summed E-state index contributed by atoms with van der Waals surface area (Å²) >= 11 is 1.25. The maximum absolute atomic E-state index is 13.3. The van der Waals surface area contributed by atoms with Crippen LogP contribution in [0, 0.1) is 0 Å². The van der Waals surface area contributed by atoms with Crippen LogP contribution in [0.5, 0.6) is 11.5 Å². The molecule has 0 saturated heterocycles. The van der Waals surface area contributed by atoms with Gasteiger partial charge in [0.15, 0.2) is 17.3 Å². The highest BCUT2D eigenvalue weighted by Crippen LogP contribution is 2.42. The Morgan fingerprint density at radius 3 is 2.55 bits per heavy atom. The first-order chi connectivity index (χ1) is 15.0. The zero-order valence-corrected chi connectivity index (χ0v) is 17.6. The second-order valence-electron chi connectivity index (χ2n) is 7.05.